The van der Waals surface area contributed by atoms with E-state index in [1.807, 2.05) is 0 Å². The minimum Gasteiger partial charge on any atom is -0.479 e. The average molecular weight is 315 g/mol. The van der Waals surface area contributed by atoms with E-state index in [0.717, 1.165) is 0 Å². The standard InChI is InChI=1S/C13H15ClN2O5/c1-21-10(13(19)20)6-15-11(17)7-16-12(18)8-3-2-4-9(14)5-8/h2-5,10H,6-7H2,1H3,(H,15,17)(H,16,18)(H,19,20). The molecule has 0 radical (unpaired) electrons. The van der Waals surface area contributed by atoms with E-state index in [1.54, 1.807) is 18.2 Å². The number of ether oxygens (including phenoxy) is 1. The number of amides is 2. The Morgan fingerprint density at radius 1 is 1.33 bits per heavy atom. The number of hydrogen-bond acceptors (Lipinski definition) is 4. The molecular formula is C13H15ClN2O5. The lowest BCUT2D eigenvalue weighted by molar-refractivity contribution is -0.148. The van der Waals surface area contributed by atoms with Gasteiger partial charge >= 0.3 is 5.97 Å². The highest BCUT2D eigenvalue weighted by Gasteiger charge is 2.17. The molecule has 1 aromatic carbocycles. The third kappa shape index (κ3) is 5.80. The van der Waals surface area contributed by atoms with E-state index in [2.05, 4.69) is 15.4 Å². The van der Waals surface area contributed by atoms with Crippen LogP contribution in [0.1, 0.15) is 10.4 Å². The monoisotopic (exact) mass is 314 g/mol. The van der Waals surface area contributed by atoms with Crippen molar-refractivity contribution < 1.29 is 24.2 Å². The zero-order chi connectivity index (χ0) is 15.8. The first-order valence-electron chi connectivity index (χ1n) is 6.00. The van der Waals surface area contributed by atoms with Crippen LogP contribution in [0.5, 0.6) is 0 Å². The van der Waals surface area contributed by atoms with Crippen molar-refractivity contribution in [2.45, 2.75) is 6.10 Å². The Kier molecular flexibility index (Phi) is 6.64. The van der Waals surface area contributed by atoms with E-state index in [4.69, 9.17) is 16.7 Å². The minimum atomic E-state index is -1.18. The van der Waals surface area contributed by atoms with Crippen molar-refractivity contribution in [2.24, 2.45) is 0 Å². The van der Waals surface area contributed by atoms with Crippen LogP contribution in [-0.4, -0.2) is 49.2 Å². The van der Waals surface area contributed by atoms with Gasteiger partial charge in [-0.2, -0.15) is 0 Å². The Labute approximate surface area is 126 Å². The Morgan fingerprint density at radius 3 is 2.62 bits per heavy atom. The highest BCUT2D eigenvalue weighted by Crippen LogP contribution is 2.10. The van der Waals surface area contributed by atoms with E-state index in [0.29, 0.717) is 10.6 Å². The summed E-state index contributed by atoms with van der Waals surface area (Å²) in [5, 5.41) is 13.9. The van der Waals surface area contributed by atoms with Gasteiger partial charge in [0.25, 0.3) is 5.91 Å². The maximum absolute atomic E-state index is 11.7. The van der Waals surface area contributed by atoms with Crippen molar-refractivity contribution in [1.82, 2.24) is 10.6 Å². The Balaban J connectivity index is 2.39. The molecule has 0 fully saturated rings. The van der Waals surface area contributed by atoms with Crippen molar-refractivity contribution in [3.8, 4) is 0 Å². The van der Waals surface area contributed by atoms with Gasteiger partial charge < -0.3 is 20.5 Å². The molecule has 2 amide bonds. The number of hydrogen-bond donors (Lipinski definition) is 3. The second kappa shape index (κ2) is 8.23. The van der Waals surface area contributed by atoms with Crippen molar-refractivity contribution in [3.05, 3.63) is 34.9 Å². The minimum absolute atomic E-state index is 0.183. The van der Waals surface area contributed by atoms with E-state index in [9.17, 15) is 14.4 Å². The molecule has 21 heavy (non-hydrogen) atoms. The van der Waals surface area contributed by atoms with Crippen LogP contribution in [0.25, 0.3) is 0 Å². The molecule has 0 aliphatic rings. The van der Waals surface area contributed by atoms with Gasteiger partial charge in [-0.3, -0.25) is 9.59 Å². The lowest BCUT2D eigenvalue weighted by atomic mass is 10.2. The van der Waals surface area contributed by atoms with Crippen molar-refractivity contribution in [2.75, 3.05) is 20.2 Å². The molecule has 0 aromatic heterocycles. The van der Waals surface area contributed by atoms with Gasteiger partial charge in [0.15, 0.2) is 6.10 Å². The summed E-state index contributed by atoms with van der Waals surface area (Å²) in [6.45, 7) is -0.459. The molecule has 0 aliphatic heterocycles. The molecule has 0 saturated heterocycles. The average Bonchev–Trinajstić information content (AvgIpc) is 2.45. The normalized spacial score (nSPS) is 11.5. The topological polar surface area (TPSA) is 105 Å². The number of carboxylic acids is 1. The third-order valence-electron chi connectivity index (χ3n) is 2.54. The number of aliphatic carboxylic acids is 1. The quantitative estimate of drug-likeness (QED) is 0.671. The fourth-order valence-corrected chi connectivity index (χ4v) is 1.62. The Bertz CT molecular complexity index is 535. The van der Waals surface area contributed by atoms with Gasteiger partial charge in [0.05, 0.1) is 13.1 Å². The molecule has 8 heteroatoms. The first-order valence-corrected chi connectivity index (χ1v) is 6.38. The van der Waals surface area contributed by atoms with E-state index >= 15 is 0 Å². The fourth-order valence-electron chi connectivity index (χ4n) is 1.43. The first-order chi connectivity index (χ1) is 9.93. The van der Waals surface area contributed by atoms with Crippen LogP contribution < -0.4 is 10.6 Å². The fraction of sp³-hybridized carbons (Fsp3) is 0.308. The largest absolute Gasteiger partial charge is 0.479 e. The van der Waals surface area contributed by atoms with Gasteiger partial charge in [-0.25, -0.2) is 4.79 Å². The number of halogens is 1. The molecule has 114 valence electrons. The van der Waals surface area contributed by atoms with E-state index < -0.39 is 23.9 Å². The van der Waals surface area contributed by atoms with E-state index in [-0.39, 0.29) is 13.1 Å². The molecule has 0 aliphatic carbocycles. The molecule has 0 spiro atoms. The van der Waals surface area contributed by atoms with Crippen LogP contribution in [0, 0.1) is 0 Å². The van der Waals surface area contributed by atoms with Gasteiger partial charge in [0.2, 0.25) is 5.91 Å². The van der Waals surface area contributed by atoms with Gasteiger partial charge in [-0.05, 0) is 18.2 Å². The summed E-state index contributed by atoms with van der Waals surface area (Å²) in [5.74, 6) is -2.15. The molecule has 0 heterocycles. The predicted octanol–water partition coefficient (Wildman–Crippen LogP) is 0.286. The maximum Gasteiger partial charge on any atom is 0.334 e. The van der Waals surface area contributed by atoms with Crippen molar-refractivity contribution in [1.29, 1.82) is 0 Å². The molecule has 1 atom stereocenters. The smallest absolute Gasteiger partial charge is 0.334 e. The lowest BCUT2D eigenvalue weighted by Crippen LogP contribution is -2.42. The number of methoxy groups -OCH3 is 1. The van der Waals surface area contributed by atoms with Gasteiger partial charge in [-0.1, -0.05) is 17.7 Å². The molecule has 7 nitrogen and oxygen atoms in total. The summed E-state index contributed by atoms with van der Waals surface area (Å²) in [4.78, 5) is 33.9. The van der Waals surface area contributed by atoms with Crippen LogP contribution in [0.2, 0.25) is 5.02 Å². The first kappa shape index (κ1) is 16.9. The number of rotatable bonds is 7. The molecule has 0 saturated carbocycles. The highest BCUT2D eigenvalue weighted by atomic mass is 35.5. The second-order valence-electron chi connectivity index (χ2n) is 4.06. The number of carbonyl (C=O) groups excluding carboxylic acids is 2. The predicted molar refractivity (Wildman–Crippen MR) is 75.2 cm³/mol. The summed E-state index contributed by atoms with van der Waals surface area (Å²) in [5.41, 5.74) is 0.329. The summed E-state index contributed by atoms with van der Waals surface area (Å²) >= 11 is 5.75. The van der Waals surface area contributed by atoms with Crippen LogP contribution in [0.4, 0.5) is 0 Å². The van der Waals surface area contributed by atoms with Crippen LogP contribution >= 0.6 is 11.6 Å². The molecule has 1 rings (SSSR count). The zero-order valence-electron chi connectivity index (χ0n) is 11.3. The maximum atomic E-state index is 11.7. The van der Waals surface area contributed by atoms with Crippen LogP contribution in [0.3, 0.4) is 0 Å². The Morgan fingerprint density at radius 2 is 2.05 bits per heavy atom. The number of carboxylic acid groups (broad SMARTS) is 1. The number of benzene rings is 1. The summed E-state index contributed by atoms with van der Waals surface area (Å²) in [7, 11) is 1.23. The summed E-state index contributed by atoms with van der Waals surface area (Å²) in [6, 6.07) is 6.28. The van der Waals surface area contributed by atoms with Gasteiger partial charge in [0.1, 0.15) is 0 Å². The number of carbonyl (C=O) groups is 3. The lowest BCUT2D eigenvalue weighted by Gasteiger charge is -2.12. The van der Waals surface area contributed by atoms with Crippen LogP contribution in [-0.2, 0) is 14.3 Å². The van der Waals surface area contributed by atoms with E-state index in [1.165, 1.54) is 13.2 Å². The second-order valence-corrected chi connectivity index (χ2v) is 4.50. The summed E-state index contributed by atoms with van der Waals surface area (Å²) < 4.78 is 4.65. The highest BCUT2D eigenvalue weighted by molar-refractivity contribution is 6.30. The molecule has 0 bridgehead atoms. The van der Waals surface area contributed by atoms with Crippen molar-refractivity contribution >= 4 is 29.4 Å². The molecule has 1 aromatic rings. The SMILES string of the molecule is COC(CNC(=O)CNC(=O)c1cccc(Cl)c1)C(=O)O. The molecule has 3 N–H and O–H groups in total. The third-order valence-corrected chi connectivity index (χ3v) is 2.78. The molecular weight excluding hydrogens is 300 g/mol. The summed E-state index contributed by atoms with van der Waals surface area (Å²) in [6.07, 6.45) is -1.13. The molecule has 1 unspecified atom stereocenters. The zero-order valence-corrected chi connectivity index (χ0v) is 12.0. The van der Waals surface area contributed by atoms with Crippen molar-refractivity contribution in [3.63, 3.8) is 0 Å². The van der Waals surface area contributed by atoms with Crippen LogP contribution in [0.15, 0.2) is 24.3 Å². The van der Waals surface area contributed by atoms with Gasteiger partial charge in [-0.15, -0.1) is 0 Å². The number of nitrogens with one attached hydrogen (secondary N) is 2. The Hall–Kier alpha value is -2.12. The van der Waals surface area contributed by atoms with Gasteiger partial charge in [0, 0.05) is 17.7 Å².